The fourth-order valence-electron chi connectivity index (χ4n) is 3.37. The molecule has 7 nitrogen and oxygen atoms in total. The van der Waals surface area contributed by atoms with Gasteiger partial charge in [0.05, 0.1) is 5.56 Å². The van der Waals surface area contributed by atoms with Crippen LogP contribution in [0.5, 0.6) is 0 Å². The Morgan fingerprint density at radius 3 is 2.38 bits per heavy atom. The van der Waals surface area contributed by atoms with Crippen LogP contribution in [0, 0.1) is 13.8 Å². The quantitative estimate of drug-likeness (QED) is 0.740. The lowest BCUT2D eigenvalue weighted by atomic mass is 10.1. The van der Waals surface area contributed by atoms with E-state index < -0.39 is 0 Å². The Bertz CT molecular complexity index is 982. The fourth-order valence-corrected chi connectivity index (χ4v) is 3.37. The molecule has 0 aliphatic carbocycles. The van der Waals surface area contributed by atoms with Gasteiger partial charge in [-0.1, -0.05) is 12.1 Å². The topological polar surface area (TPSA) is 74.2 Å². The predicted molar refractivity (Wildman–Crippen MR) is 114 cm³/mol. The Morgan fingerprint density at radius 1 is 0.931 bits per heavy atom. The summed E-state index contributed by atoms with van der Waals surface area (Å²) in [7, 11) is 0. The zero-order valence-electron chi connectivity index (χ0n) is 16.7. The van der Waals surface area contributed by atoms with Gasteiger partial charge in [-0.3, -0.25) is 4.79 Å². The molecule has 29 heavy (non-hydrogen) atoms. The van der Waals surface area contributed by atoms with E-state index in [0.717, 1.165) is 24.6 Å². The number of benzene rings is 1. The molecule has 0 unspecified atom stereocenters. The molecule has 0 radical (unpaired) electrons. The normalized spacial score (nSPS) is 14.0. The van der Waals surface area contributed by atoms with Gasteiger partial charge >= 0.3 is 0 Å². The van der Waals surface area contributed by atoms with Crippen LogP contribution in [0.15, 0.2) is 55.0 Å². The molecular formula is C22H24N6O. The van der Waals surface area contributed by atoms with Crippen LogP contribution in [-0.4, -0.2) is 51.9 Å². The molecule has 1 aliphatic heterocycles. The molecule has 3 heterocycles. The highest BCUT2D eigenvalue weighted by Gasteiger charge is 2.23. The maximum Gasteiger partial charge on any atom is 0.255 e. The number of aryl methyl sites for hydroxylation is 1. The van der Waals surface area contributed by atoms with E-state index >= 15 is 0 Å². The van der Waals surface area contributed by atoms with Gasteiger partial charge < -0.3 is 15.1 Å². The van der Waals surface area contributed by atoms with Crippen LogP contribution >= 0.6 is 0 Å². The first-order chi connectivity index (χ1) is 14.1. The SMILES string of the molecule is Cc1cccc(Nc2ccc(C(=O)N3CCN(c4ncccn4)CC3)cn2)c1C. The molecule has 148 valence electrons. The number of pyridine rings is 1. The third kappa shape index (κ3) is 4.18. The number of anilines is 3. The van der Waals surface area contributed by atoms with Gasteiger partial charge in [-0.25, -0.2) is 15.0 Å². The van der Waals surface area contributed by atoms with Crippen molar-refractivity contribution in [1.29, 1.82) is 0 Å². The minimum Gasteiger partial charge on any atom is -0.340 e. The number of nitrogens with zero attached hydrogens (tertiary/aromatic N) is 5. The van der Waals surface area contributed by atoms with E-state index in [2.05, 4.69) is 45.1 Å². The van der Waals surface area contributed by atoms with Crippen molar-refractivity contribution in [2.75, 3.05) is 36.4 Å². The average molecular weight is 388 g/mol. The van der Waals surface area contributed by atoms with Crippen molar-refractivity contribution in [1.82, 2.24) is 19.9 Å². The molecule has 0 spiro atoms. The van der Waals surface area contributed by atoms with Crippen molar-refractivity contribution in [3.63, 3.8) is 0 Å². The second-order valence-corrected chi connectivity index (χ2v) is 7.13. The van der Waals surface area contributed by atoms with Gasteiger partial charge in [-0.2, -0.15) is 0 Å². The number of amides is 1. The Morgan fingerprint density at radius 2 is 1.69 bits per heavy atom. The van der Waals surface area contributed by atoms with Crippen LogP contribution < -0.4 is 10.2 Å². The number of hydrogen-bond donors (Lipinski definition) is 1. The van der Waals surface area contributed by atoms with E-state index in [1.165, 1.54) is 11.1 Å². The van der Waals surface area contributed by atoms with Crippen LogP contribution in [0.4, 0.5) is 17.5 Å². The van der Waals surface area contributed by atoms with Gasteiger partial charge in [0.25, 0.3) is 5.91 Å². The number of aromatic nitrogens is 3. The fraction of sp³-hybridized carbons (Fsp3) is 0.273. The lowest BCUT2D eigenvalue weighted by Gasteiger charge is -2.34. The van der Waals surface area contributed by atoms with E-state index in [-0.39, 0.29) is 5.91 Å². The summed E-state index contributed by atoms with van der Waals surface area (Å²) in [5, 5.41) is 3.33. The smallest absolute Gasteiger partial charge is 0.255 e. The summed E-state index contributed by atoms with van der Waals surface area (Å²) in [5.74, 6) is 1.44. The van der Waals surface area contributed by atoms with E-state index in [0.29, 0.717) is 24.6 Å². The van der Waals surface area contributed by atoms with Crippen molar-refractivity contribution in [3.05, 3.63) is 71.7 Å². The third-order valence-electron chi connectivity index (χ3n) is 5.28. The van der Waals surface area contributed by atoms with Crippen molar-refractivity contribution in [2.45, 2.75) is 13.8 Å². The summed E-state index contributed by atoms with van der Waals surface area (Å²) in [6.45, 7) is 6.87. The van der Waals surface area contributed by atoms with Crippen LogP contribution in [0.2, 0.25) is 0 Å². The van der Waals surface area contributed by atoms with E-state index in [1.807, 2.05) is 29.2 Å². The summed E-state index contributed by atoms with van der Waals surface area (Å²) in [6.07, 6.45) is 5.11. The average Bonchev–Trinajstić information content (AvgIpc) is 2.78. The molecule has 2 aromatic heterocycles. The molecule has 7 heteroatoms. The summed E-state index contributed by atoms with van der Waals surface area (Å²) >= 11 is 0. The Hall–Kier alpha value is -3.48. The van der Waals surface area contributed by atoms with Crippen molar-refractivity contribution < 1.29 is 4.79 Å². The highest BCUT2D eigenvalue weighted by molar-refractivity contribution is 5.94. The van der Waals surface area contributed by atoms with Gasteiger partial charge in [0, 0.05) is 50.5 Å². The zero-order chi connectivity index (χ0) is 20.2. The zero-order valence-corrected chi connectivity index (χ0v) is 16.7. The maximum absolute atomic E-state index is 12.8. The lowest BCUT2D eigenvalue weighted by molar-refractivity contribution is 0.0746. The van der Waals surface area contributed by atoms with Gasteiger partial charge in [0.15, 0.2) is 0 Å². The molecule has 0 bridgehead atoms. The van der Waals surface area contributed by atoms with Gasteiger partial charge in [0.2, 0.25) is 5.95 Å². The monoisotopic (exact) mass is 388 g/mol. The number of carbonyl (C=O) groups excluding carboxylic acids is 1. The third-order valence-corrected chi connectivity index (χ3v) is 5.28. The summed E-state index contributed by atoms with van der Waals surface area (Å²) in [4.78, 5) is 29.8. The van der Waals surface area contributed by atoms with Crippen molar-refractivity contribution in [3.8, 4) is 0 Å². The highest BCUT2D eigenvalue weighted by Crippen LogP contribution is 2.22. The second-order valence-electron chi connectivity index (χ2n) is 7.13. The maximum atomic E-state index is 12.8. The minimum absolute atomic E-state index is 0.00409. The van der Waals surface area contributed by atoms with Crippen LogP contribution in [0.1, 0.15) is 21.5 Å². The number of carbonyl (C=O) groups is 1. The van der Waals surface area contributed by atoms with Crippen LogP contribution in [0.3, 0.4) is 0 Å². The molecule has 1 N–H and O–H groups in total. The molecule has 0 atom stereocenters. The van der Waals surface area contributed by atoms with Crippen molar-refractivity contribution >= 4 is 23.4 Å². The molecule has 1 fully saturated rings. The van der Waals surface area contributed by atoms with Gasteiger partial charge in [-0.15, -0.1) is 0 Å². The van der Waals surface area contributed by atoms with Gasteiger partial charge in [-0.05, 0) is 49.2 Å². The van der Waals surface area contributed by atoms with Crippen LogP contribution in [-0.2, 0) is 0 Å². The Balaban J connectivity index is 1.38. The summed E-state index contributed by atoms with van der Waals surface area (Å²) in [5.41, 5.74) is 4.04. The first kappa shape index (κ1) is 18.9. The standard InChI is InChI=1S/C22H24N6O/c1-16-5-3-6-19(17(16)2)26-20-8-7-18(15-25-20)21(29)27-11-13-28(14-12-27)22-23-9-4-10-24-22/h3-10,15H,11-14H2,1-2H3,(H,25,26). The number of nitrogens with one attached hydrogen (secondary N) is 1. The Labute approximate surface area is 170 Å². The molecule has 1 amide bonds. The second kappa shape index (κ2) is 8.26. The minimum atomic E-state index is 0.00409. The first-order valence-corrected chi connectivity index (χ1v) is 9.72. The molecule has 1 saturated heterocycles. The number of rotatable bonds is 4. The Kier molecular flexibility index (Phi) is 5.37. The molecule has 3 aromatic rings. The molecule has 0 saturated carbocycles. The van der Waals surface area contributed by atoms with E-state index in [1.54, 1.807) is 24.7 Å². The first-order valence-electron chi connectivity index (χ1n) is 9.72. The molecule has 1 aromatic carbocycles. The largest absolute Gasteiger partial charge is 0.340 e. The van der Waals surface area contributed by atoms with E-state index in [4.69, 9.17) is 0 Å². The number of hydrogen-bond acceptors (Lipinski definition) is 6. The number of piperazine rings is 1. The summed E-state index contributed by atoms with van der Waals surface area (Å²) < 4.78 is 0. The van der Waals surface area contributed by atoms with Crippen molar-refractivity contribution in [2.24, 2.45) is 0 Å². The van der Waals surface area contributed by atoms with Crippen LogP contribution in [0.25, 0.3) is 0 Å². The summed E-state index contributed by atoms with van der Waals surface area (Å²) in [6, 6.07) is 11.6. The molecular weight excluding hydrogens is 364 g/mol. The van der Waals surface area contributed by atoms with E-state index in [9.17, 15) is 4.79 Å². The molecule has 4 rings (SSSR count). The lowest BCUT2D eigenvalue weighted by Crippen LogP contribution is -2.49. The molecule has 1 aliphatic rings. The predicted octanol–water partition coefficient (Wildman–Crippen LogP) is 3.19. The van der Waals surface area contributed by atoms with Gasteiger partial charge in [0.1, 0.15) is 5.82 Å². The highest BCUT2D eigenvalue weighted by atomic mass is 16.2.